The van der Waals surface area contributed by atoms with Gasteiger partial charge in [0.05, 0.1) is 7.11 Å². The van der Waals surface area contributed by atoms with Gasteiger partial charge in [0.25, 0.3) is 0 Å². The number of rotatable bonds is 4. The Morgan fingerprint density at radius 2 is 2.07 bits per heavy atom. The van der Waals surface area contributed by atoms with E-state index in [4.69, 9.17) is 11.6 Å². The van der Waals surface area contributed by atoms with E-state index in [1.54, 1.807) is 12.1 Å². The lowest BCUT2D eigenvalue weighted by molar-refractivity contribution is -0.150. The maximum absolute atomic E-state index is 10.9. The fourth-order valence-electron chi connectivity index (χ4n) is 1.21. The zero-order valence-electron chi connectivity index (χ0n) is 8.44. The van der Waals surface area contributed by atoms with Crippen molar-refractivity contribution in [1.82, 2.24) is 0 Å². The quantitative estimate of drug-likeness (QED) is 0.800. The van der Waals surface area contributed by atoms with Gasteiger partial charge in [-0.25, -0.2) is 4.79 Å². The minimum Gasteiger partial charge on any atom is -0.467 e. The number of aryl methyl sites for hydroxylation is 1. The summed E-state index contributed by atoms with van der Waals surface area (Å²) in [5.41, 5.74) is 1.03. The van der Waals surface area contributed by atoms with Crippen LogP contribution in [0.3, 0.4) is 0 Å². The smallest absolute Gasteiger partial charge is 0.334 e. The summed E-state index contributed by atoms with van der Waals surface area (Å²) in [6.07, 6.45) is -0.0763. The predicted molar refractivity (Wildman–Crippen MR) is 57.8 cm³/mol. The normalized spacial score (nSPS) is 12.2. The molecule has 15 heavy (non-hydrogen) atoms. The number of ether oxygens (including phenoxy) is 1. The third kappa shape index (κ3) is 3.90. The standard InChI is InChI=1S/C11H13ClO3/c1-15-11(14)10(13)7-4-8-2-5-9(12)6-3-8/h2-3,5-6,10,13H,4,7H2,1H3. The van der Waals surface area contributed by atoms with Crippen LogP contribution in [0.25, 0.3) is 0 Å². The first-order chi connectivity index (χ1) is 7.13. The molecule has 1 aromatic rings. The topological polar surface area (TPSA) is 46.5 Å². The van der Waals surface area contributed by atoms with E-state index in [1.165, 1.54) is 7.11 Å². The molecule has 0 fully saturated rings. The summed E-state index contributed by atoms with van der Waals surface area (Å²) < 4.78 is 4.41. The number of carbonyl (C=O) groups is 1. The highest BCUT2D eigenvalue weighted by molar-refractivity contribution is 6.30. The average molecular weight is 229 g/mol. The number of hydrogen-bond donors (Lipinski definition) is 1. The summed E-state index contributed by atoms with van der Waals surface area (Å²) in [6.45, 7) is 0. The lowest BCUT2D eigenvalue weighted by atomic mass is 10.1. The molecule has 0 radical (unpaired) electrons. The van der Waals surface area contributed by atoms with Crippen molar-refractivity contribution in [3.05, 3.63) is 34.9 Å². The van der Waals surface area contributed by atoms with Gasteiger partial charge < -0.3 is 9.84 Å². The maximum atomic E-state index is 10.9. The molecule has 0 aliphatic heterocycles. The van der Waals surface area contributed by atoms with Crippen molar-refractivity contribution in [2.45, 2.75) is 18.9 Å². The van der Waals surface area contributed by atoms with Gasteiger partial charge in [0.15, 0.2) is 6.10 Å². The van der Waals surface area contributed by atoms with Gasteiger partial charge in [0.1, 0.15) is 0 Å². The first kappa shape index (κ1) is 12.0. The minimum absolute atomic E-state index is 0.355. The van der Waals surface area contributed by atoms with Gasteiger partial charge in [-0.3, -0.25) is 0 Å². The molecule has 1 atom stereocenters. The highest BCUT2D eigenvalue weighted by atomic mass is 35.5. The Morgan fingerprint density at radius 3 is 2.60 bits per heavy atom. The molecular formula is C11H13ClO3. The van der Waals surface area contributed by atoms with Crippen LogP contribution < -0.4 is 0 Å². The van der Waals surface area contributed by atoms with Crippen molar-refractivity contribution >= 4 is 17.6 Å². The van der Waals surface area contributed by atoms with E-state index in [9.17, 15) is 9.90 Å². The number of benzene rings is 1. The number of hydrogen-bond acceptors (Lipinski definition) is 3. The minimum atomic E-state index is -1.05. The van der Waals surface area contributed by atoms with Crippen molar-refractivity contribution in [1.29, 1.82) is 0 Å². The van der Waals surface area contributed by atoms with Crippen LogP contribution >= 0.6 is 11.6 Å². The Bertz CT molecular complexity index is 321. The summed E-state index contributed by atoms with van der Waals surface area (Å²) in [4.78, 5) is 10.9. The number of aliphatic hydroxyl groups is 1. The Kier molecular flexibility index (Phi) is 4.59. The van der Waals surface area contributed by atoms with E-state index in [0.29, 0.717) is 17.9 Å². The van der Waals surface area contributed by atoms with Crippen molar-refractivity contribution in [2.75, 3.05) is 7.11 Å². The first-order valence-corrected chi connectivity index (χ1v) is 5.01. The number of methoxy groups -OCH3 is 1. The second kappa shape index (κ2) is 5.73. The highest BCUT2D eigenvalue weighted by Gasteiger charge is 2.14. The number of esters is 1. The van der Waals surface area contributed by atoms with Gasteiger partial charge in [-0.05, 0) is 30.5 Å². The van der Waals surface area contributed by atoms with Gasteiger partial charge in [-0.1, -0.05) is 23.7 Å². The maximum Gasteiger partial charge on any atom is 0.334 e. The van der Waals surface area contributed by atoms with Crippen LogP contribution in [-0.4, -0.2) is 24.3 Å². The molecule has 0 aromatic heterocycles. The van der Waals surface area contributed by atoms with Crippen LogP contribution in [0.2, 0.25) is 5.02 Å². The molecule has 1 rings (SSSR count). The summed E-state index contributed by atoms with van der Waals surface area (Å²) in [7, 11) is 1.26. The van der Waals surface area contributed by atoms with E-state index in [0.717, 1.165) is 5.56 Å². The Labute approximate surface area is 93.6 Å². The Hall–Kier alpha value is -1.06. The molecule has 1 N–H and O–H groups in total. The summed E-state index contributed by atoms with van der Waals surface area (Å²) in [5, 5.41) is 10.0. The van der Waals surface area contributed by atoms with Crippen LogP contribution in [0.5, 0.6) is 0 Å². The van der Waals surface area contributed by atoms with Crippen LogP contribution in [0.1, 0.15) is 12.0 Å². The molecule has 0 aliphatic rings. The molecule has 1 aromatic carbocycles. The SMILES string of the molecule is COC(=O)C(O)CCc1ccc(Cl)cc1. The third-order valence-corrected chi connectivity index (χ3v) is 2.34. The van der Waals surface area contributed by atoms with Crippen LogP contribution in [0.4, 0.5) is 0 Å². The van der Waals surface area contributed by atoms with Crippen LogP contribution in [0.15, 0.2) is 24.3 Å². The van der Waals surface area contributed by atoms with Crippen molar-refractivity contribution < 1.29 is 14.6 Å². The molecule has 0 saturated carbocycles. The molecule has 0 bridgehead atoms. The van der Waals surface area contributed by atoms with Crippen molar-refractivity contribution in [3.63, 3.8) is 0 Å². The predicted octanol–water partition coefficient (Wildman–Crippen LogP) is 1.81. The molecule has 0 spiro atoms. The summed E-state index contributed by atoms with van der Waals surface area (Å²) >= 11 is 5.72. The molecular weight excluding hydrogens is 216 g/mol. The summed E-state index contributed by atoms with van der Waals surface area (Å²) in [6, 6.07) is 7.29. The lowest BCUT2D eigenvalue weighted by Crippen LogP contribution is -2.22. The fraction of sp³-hybridized carbons (Fsp3) is 0.364. The first-order valence-electron chi connectivity index (χ1n) is 4.64. The van der Waals surface area contributed by atoms with Crippen molar-refractivity contribution in [2.24, 2.45) is 0 Å². The van der Waals surface area contributed by atoms with Crippen molar-refractivity contribution in [3.8, 4) is 0 Å². The zero-order valence-corrected chi connectivity index (χ0v) is 9.20. The third-order valence-electron chi connectivity index (χ3n) is 2.09. The molecule has 3 nitrogen and oxygen atoms in total. The van der Waals surface area contributed by atoms with Crippen LogP contribution in [0, 0.1) is 0 Å². The Morgan fingerprint density at radius 1 is 1.47 bits per heavy atom. The molecule has 1 unspecified atom stereocenters. The Balaban J connectivity index is 2.43. The molecule has 4 heteroatoms. The van der Waals surface area contributed by atoms with Gasteiger partial charge in [0, 0.05) is 5.02 Å². The van der Waals surface area contributed by atoms with E-state index in [-0.39, 0.29) is 0 Å². The molecule has 82 valence electrons. The van der Waals surface area contributed by atoms with E-state index in [1.807, 2.05) is 12.1 Å². The number of aliphatic hydroxyl groups excluding tert-OH is 1. The van der Waals surface area contributed by atoms with Gasteiger partial charge in [0.2, 0.25) is 0 Å². The second-order valence-corrected chi connectivity index (χ2v) is 3.64. The molecule has 0 amide bonds. The highest BCUT2D eigenvalue weighted by Crippen LogP contribution is 2.11. The number of halogens is 1. The van der Waals surface area contributed by atoms with Gasteiger partial charge in [-0.2, -0.15) is 0 Å². The fourth-order valence-corrected chi connectivity index (χ4v) is 1.33. The van der Waals surface area contributed by atoms with Crippen LogP contribution in [-0.2, 0) is 16.0 Å². The zero-order chi connectivity index (χ0) is 11.3. The molecule has 0 saturated heterocycles. The van der Waals surface area contributed by atoms with E-state index < -0.39 is 12.1 Å². The monoisotopic (exact) mass is 228 g/mol. The van der Waals surface area contributed by atoms with Gasteiger partial charge >= 0.3 is 5.97 Å². The number of carbonyl (C=O) groups excluding carboxylic acids is 1. The molecule has 0 heterocycles. The summed E-state index contributed by atoms with van der Waals surface area (Å²) in [5.74, 6) is -0.594. The lowest BCUT2D eigenvalue weighted by Gasteiger charge is -2.07. The largest absolute Gasteiger partial charge is 0.467 e. The average Bonchev–Trinajstić information content (AvgIpc) is 2.26. The van der Waals surface area contributed by atoms with E-state index in [2.05, 4.69) is 4.74 Å². The molecule has 0 aliphatic carbocycles. The van der Waals surface area contributed by atoms with Gasteiger partial charge in [-0.15, -0.1) is 0 Å². The second-order valence-electron chi connectivity index (χ2n) is 3.20. The van der Waals surface area contributed by atoms with E-state index >= 15 is 0 Å².